The van der Waals surface area contributed by atoms with Gasteiger partial charge < -0.3 is 10.1 Å². The lowest BCUT2D eigenvalue weighted by Gasteiger charge is -2.12. The highest BCUT2D eigenvalue weighted by molar-refractivity contribution is 6.31. The number of nitrogens with one attached hydrogen (secondary N) is 3. The highest BCUT2D eigenvalue weighted by atomic mass is 35.5. The number of methoxy groups -OCH3 is 1. The smallest absolute Gasteiger partial charge is 0.257 e. The molecule has 0 bridgehead atoms. The average molecular weight is 366 g/mol. The van der Waals surface area contributed by atoms with Gasteiger partial charge in [0.1, 0.15) is 11.6 Å². The number of hydrogen-bond donors (Lipinski definition) is 3. The summed E-state index contributed by atoms with van der Waals surface area (Å²) in [5, 5.41) is 3.04. The molecule has 2 aromatic rings. The van der Waals surface area contributed by atoms with E-state index in [1.54, 1.807) is 24.3 Å². The van der Waals surface area contributed by atoms with Crippen LogP contribution in [0.1, 0.15) is 5.56 Å². The van der Waals surface area contributed by atoms with Gasteiger partial charge in [-0.2, -0.15) is 0 Å². The van der Waals surface area contributed by atoms with E-state index in [1.165, 1.54) is 25.3 Å². The predicted octanol–water partition coefficient (Wildman–Crippen LogP) is 2.29. The molecule has 0 aromatic heterocycles. The van der Waals surface area contributed by atoms with Crippen LogP contribution in [0.2, 0.25) is 5.02 Å². The van der Waals surface area contributed by atoms with Gasteiger partial charge in [-0.1, -0.05) is 29.8 Å². The van der Waals surface area contributed by atoms with Gasteiger partial charge in [0.15, 0.2) is 0 Å². The van der Waals surface area contributed by atoms with E-state index in [0.29, 0.717) is 11.4 Å². The summed E-state index contributed by atoms with van der Waals surface area (Å²) in [6.07, 6.45) is -0.286. The van der Waals surface area contributed by atoms with E-state index in [9.17, 15) is 14.0 Å². The highest BCUT2D eigenvalue weighted by Crippen LogP contribution is 2.22. The first-order chi connectivity index (χ1) is 12.0. The van der Waals surface area contributed by atoms with E-state index in [2.05, 4.69) is 16.2 Å². The minimum absolute atomic E-state index is 0.0723. The SMILES string of the molecule is COc1ccccc1NCC(=O)NNC(=O)Cc1c(F)cccc1Cl. The van der Waals surface area contributed by atoms with Crippen LogP contribution in [0.4, 0.5) is 10.1 Å². The maximum atomic E-state index is 13.6. The van der Waals surface area contributed by atoms with Gasteiger partial charge in [0.25, 0.3) is 5.91 Å². The molecule has 132 valence electrons. The summed E-state index contributed by atoms with van der Waals surface area (Å²) in [7, 11) is 1.52. The fourth-order valence-corrected chi connectivity index (χ4v) is 2.29. The van der Waals surface area contributed by atoms with E-state index in [4.69, 9.17) is 16.3 Å². The number of benzene rings is 2. The summed E-state index contributed by atoms with van der Waals surface area (Å²) in [6, 6.07) is 11.3. The Kier molecular flexibility index (Phi) is 6.59. The summed E-state index contributed by atoms with van der Waals surface area (Å²) in [5.74, 6) is -1.04. The standard InChI is InChI=1S/C17H17ClFN3O3/c1-25-15-8-3-2-7-14(15)20-10-17(24)22-21-16(23)9-11-12(18)5-4-6-13(11)19/h2-8,20H,9-10H2,1H3,(H,21,23)(H,22,24). The Labute approximate surface area is 149 Å². The van der Waals surface area contributed by atoms with Gasteiger partial charge >= 0.3 is 0 Å². The maximum absolute atomic E-state index is 13.6. The van der Waals surface area contributed by atoms with Crippen molar-refractivity contribution in [2.45, 2.75) is 6.42 Å². The maximum Gasteiger partial charge on any atom is 0.257 e. The molecule has 6 nitrogen and oxygen atoms in total. The number of rotatable bonds is 6. The summed E-state index contributed by atoms with van der Waals surface area (Å²) in [4.78, 5) is 23.6. The number of para-hydroxylation sites is 2. The average Bonchev–Trinajstić information content (AvgIpc) is 2.61. The second-order valence-electron chi connectivity index (χ2n) is 5.03. The lowest BCUT2D eigenvalue weighted by Crippen LogP contribution is -2.44. The summed E-state index contributed by atoms with van der Waals surface area (Å²) in [5.41, 5.74) is 5.17. The molecule has 0 heterocycles. The Morgan fingerprint density at radius 3 is 2.52 bits per heavy atom. The largest absolute Gasteiger partial charge is 0.495 e. The number of hydrazine groups is 1. The first kappa shape index (κ1) is 18.5. The van der Waals surface area contributed by atoms with Gasteiger partial charge in [0, 0.05) is 10.6 Å². The van der Waals surface area contributed by atoms with Gasteiger partial charge in [0.2, 0.25) is 5.91 Å². The van der Waals surface area contributed by atoms with Gasteiger partial charge in [-0.3, -0.25) is 20.4 Å². The number of ether oxygens (including phenoxy) is 1. The van der Waals surface area contributed by atoms with Crippen molar-refractivity contribution in [3.8, 4) is 5.75 Å². The van der Waals surface area contributed by atoms with Gasteiger partial charge in [-0.05, 0) is 24.3 Å². The van der Waals surface area contributed by atoms with Crippen LogP contribution in [-0.2, 0) is 16.0 Å². The van der Waals surface area contributed by atoms with E-state index in [0.717, 1.165) is 0 Å². The zero-order valence-electron chi connectivity index (χ0n) is 13.4. The Morgan fingerprint density at radius 2 is 1.80 bits per heavy atom. The molecule has 2 aromatic carbocycles. The third-order valence-electron chi connectivity index (χ3n) is 3.29. The minimum atomic E-state index is -0.586. The van der Waals surface area contributed by atoms with Crippen LogP contribution in [0.15, 0.2) is 42.5 Å². The van der Waals surface area contributed by atoms with Gasteiger partial charge in [-0.25, -0.2) is 4.39 Å². The van der Waals surface area contributed by atoms with E-state index in [1.807, 2.05) is 0 Å². The number of hydrogen-bond acceptors (Lipinski definition) is 4. The monoisotopic (exact) mass is 365 g/mol. The molecular weight excluding hydrogens is 349 g/mol. The van der Waals surface area contributed by atoms with E-state index < -0.39 is 17.6 Å². The van der Waals surface area contributed by atoms with Crippen molar-refractivity contribution in [3.05, 3.63) is 58.9 Å². The molecule has 25 heavy (non-hydrogen) atoms. The summed E-state index contributed by atoms with van der Waals surface area (Å²) < 4.78 is 18.8. The molecule has 0 saturated heterocycles. The molecule has 0 radical (unpaired) electrons. The highest BCUT2D eigenvalue weighted by Gasteiger charge is 2.12. The van der Waals surface area contributed by atoms with Crippen molar-refractivity contribution in [1.29, 1.82) is 0 Å². The van der Waals surface area contributed by atoms with Crippen LogP contribution in [0.5, 0.6) is 5.75 Å². The van der Waals surface area contributed by atoms with Gasteiger partial charge in [0.05, 0.1) is 25.8 Å². The fraction of sp³-hybridized carbons (Fsp3) is 0.176. The molecule has 2 amide bonds. The van der Waals surface area contributed by atoms with Crippen LogP contribution in [0.25, 0.3) is 0 Å². The topological polar surface area (TPSA) is 79.5 Å². The molecule has 8 heteroatoms. The van der Waals surface area contributed by atoms with Crippen LogP contribution in [0, 0.1) is 5.82 Å². The number of halogens is 2. The molecule has 3 N–H and O–H groups in total. The number of carbonyl (C=O) groups excluding carboxylic acids is 2. The zero-order valence-corrected chi connectivity index (χ0v) is 14.2. The quantitative estimate of drug-likeness (QED) is 0.686. The molecule has 0 aliphatic heterocycles. The third kappa shape index (κ3) is 5.36. The van der Waals surface area contributed by atoms with Gasteiger partial charge in [-0.15, -0.1) is 0 Å². The second-order valence-corrected chi connectivity index (χ2v) is 5.43. The van der Waals surface area contributed by atoms with Crippen molar-refractivity contribution in [2.24, 2.45) is 0 Å². The summed E-state index contributed by atoms with van der Waals surface area (Å²) in [6.45, 7) is -0.0822. The van der Waals surface area contributed by atoms with Crippen molar-refractivity contribution < 1.29 is 18.7 Å². The zero-order chi connectivity index (χ0) is 18.2. The van der Waals surface area contributed by atoms with Crippen LogP contribution in [-0.4, -0.2) is 25.5 Å². The van der Waals surface area contributed by atoms with Crippen molar-refractivity contribution >= 4 is 29.1 Å². The number of amides is 2. The Hall–Kier alpha value is -2.80. The van der Waals surface area contributed by atoms with Crippen LogP contribution >= 0.6 is 11.6 Å². The Balaban J connectivity index is 1.80. The number of carbonyl (C=O) groups is 2. The van der Waals surface area contributed by atoms with Crippen molar-refractivity contribution in [1.82, 2.24) is 10.9 Å². The third-order valence-corrected chi connectivity index (χ3v) is 3.64. The molecule has 0 spiro atoms. The first-order valence-corrected chi connectivity index (χ1v) is 7.76. The molecule has 2 rings (SSSR count). The van der Waals surface area contributed by atoms with E-state index in [-0.39, 0.29) is 23.6 Å². The Bertz CT molecular complexity index is 750. The van der Waals surface area contributed by atoms with Crippen LogP contribution < -0.4 is 20.9 Å². The molecule has 0 aliphatic rings. The molecule has 0 atom stereocenters. The molecule has 0 fully saturated rings. The normalized spacial score (nSPS) is 10.0. The molecular formula is C17H17ClFN3O3. The van der Waals surface area contributed by atoms with Crippen LogP contribution in [0.3, 0.4) is 0 Å². The van der Waals surface area contributed by atoms with Crippen molar-refractivity contribution in [3.63, 3.8) is 0 Å². The summed E-state index contributed by atoms with van der Waals surface area (Å²) >= 11 is 5.85. The Morgan fingerprint density at radius 1 is 1.08 bits per heavy atom. The lowest BCUT2D eigenvalue weighted by molar-refractivity contribution is -0.127. The van der Waals surface area contributed by atoms with Crippen molar-refractivity contribution in [2.75, 3.05) is 19.0 Å². The second kappa shape index (κ2) is 8.89. The first-order valence-electron chi connectivity index (χ1n) is 7.38. The lowest BCUT2D eigenvalue weighted by atomic mass is 10.1. The van der Waals surface area contributed by atoms with E-state index >= 15 is 0 Å². The minimum Gasteiger partial charge on any atom is -0.495 e. The number of anilines is 1. The molecule has 0 unspecified atom stereocenters. The fourth-order valence-electron chi connectivity index (χ4n) is 2.06. The molecule has 0 aliphatic carbocycles. The molecule has 0 saturated carbocycles. The predicted molar refractivity (Wildman–Crippen MR) is 92.9 cm³/mol.